The van der Waals surface area contributed by atoms with Gasteiger partial charge < -0.3 is 10.1 Å². The summed E-state index contributed by atoms with van der Waals surface area (Å²) in [4.78, 5) is 39.1. The fourth-order valence-corrected chi connectivity index (χ4v) is 5.97. The zero-order valence-electron chi connectivity index (χ0n) is 17.1. The molecule has 6 nitrogen and oxygen atoms in total. The predicted octanol–water partition coefficient (Wildman–Crippen LogP) is 5.59. The van der Waals surface area contributed by atoms with Crippen LogP contribution in [0.3, 0.4) is 0 Å². The highest BCUT2D eigenvalue weighted by molar-refractivity contribution is 14.1. The van der Waals surface area contributed by atoms with Gasteiger partial charge in [0.2, 0.25) is 5.91 Å². The number of carbonyl (C=O) groups is 3. The fraction of sp³-hybridized carbons (Fsp3) is 0.227. The van der Waals surface area contributed by atoms with Crippen molar-refractivity contribution < 1.29 is 19.1 Å². The molecule has 0 unspecified atom stereocenters. The normalized spacial score (nSPS) is 15.0. The lowest BCUT2D eigenvalue weighted by Crippen LogP contribution is -2.36. The lowest BCUT2D eigenvalue weighted by atomic mass is 10.1. The number of hydrogen-bond acceptors (Lipinski definition) is 5. The number of para-hydroxylation sites is 1. The molecule has 1 heterocycles. The predicted molar refractivity (Wildman–Crippen MR) is 140 cm³/mol. The molecule has 0 aliphatic carbocycles. The molecule has 0 atom stereocenters. The van der Waals surface area contributed by atoms with E-state index >= 15 is 0 Å². The summed E-state index contributed by atoms with van der Waals surface area (Å²) in [6.07, 6.45) is 1.66. The van der Waals surface area contributed by atoms with E-state index < -0.39 is 17.1 Å². The van der Waals surface area contributed by atoms with Crippen molar-refractivity contribution in [2.24, 2.45) is 0 Å². The summed E-state index contributed by atoms with van der Waals surface area (Å²) >= 11 is 5.21. The number of carbonyl (C=O) groups excluding carboxylic acids is 3. The van der Waals surface area contributed by atoms with Crippen LogP contribution in [-0.2, 0) is 9.59 Å². The van der Waals surface area contributed by atoms with Gasteiger partial charge in [-0.15, -0.1) is 0 Å². The van der Waals surface area contributed by atoms with Crippen molar-refractivity contribution >= 4 is 85.8 Å². The highest BCUT2D eigenvalue weighted by atomic mass is 127. The molecule has 2 aromatic carbocycles. The van der Waals surface area contributed by atoms with Crippen molar-refractivity contribution in [1.82, 2.24) is 4.90 Å². The van der Waals surface area contributed by atoms with E-state index in [4.69, 9.17) is 4.74 Å². The molecular weight excluding hydrogens is 642 g/mol. The average molecular weight is 662 g/mol. The summed E-state index contributed by atoms with van der Waals surface area (Å²) in [7, 11) is 0. The molecule has 9 heteroatoms. The zero-order valence-corrected chi connectivity index (χ0v) is 22.3. The Labute approximate surface area is 212 Å². The van der Waals surface area contributed by atoms with Crippen LogP contribution in [0.1, 0.15) is 23.6 Å². The smallest absolute Gasteiger partial charge is 0.294 e. The monoisotopic (exact) mass is 662 g/mol. The molecule has 1 saturated heterocycles. The van der Waals surface area contributed by atoms with Gasteiger partial charge >= 0.3 is 0 Å². The van der Waals surface area contributed by atoms with Gasteiger partial charge in [-0.05, 0) is 107 Å². The number of hydrogen-bond donors (Lipinski definition) is 1. The summed E-state index contributed by atoms with van der Waals surface area (Å²) < 4.78 is 7.65. The van der Waals surface area contributed by atoms with Crippen molar-refractivity contribution in [3.05, 3.63) is 59.1 Å². The number of nitrogens with zero attached hydrogens (tertiary/aromatic N) is 1. The second-order valence-corrected chi connectivity index (χ2v) is 10.2. The quantitative estimate of drug-likeness (QED) is 0.323. The van der Waals surface area contributed by atoms with Crippen LogP contribution in [0.4, 0.5) is 10.5 Å². The van der Waals surface area contributed by atoms with Crippen LogP contribution >= 0.6 is 56.9 Å². The SMILES string of the molecule is CCOc1c(I)cc(I)cc1/C=C1/SC(=O)N(CC(=O)Nc2c(C)cccc2C)C1=O. The van der Waals surface area contributed by atoms with E-state index in [1.807, 2.05) is 51.1 Å². The minimum absolute atomic E-state index is 0.267. The van der Waals surface area contributed by atoms with Gasteiger partial charge in [0.05, 0.1) is 15.1 Å². The minimum Gasteiger partial charge on any atom is -0.492 e. The molecule has 31 heavy (non-hydrogen) atoms. The number of imide groups is 1. The second-order valence-electron chi connectivity index (χ2n) is 6.82. The lowest BCUT2D eigenvalue weighted by Gasteiger charge is -2.15. The summed E-state index contributed by atoms with van der Waals surface area (Å²) in [5, 5.41) is 2.35. The maximum Gasteiger partial charge on any atom is 0.294 e. The van der Waals surface area contributed by atoms with Crippen molar-refractivity contribution in [3.63, 3.8) is 0 Å². The van der Waals surface area contributed by atoms with E-state index in [1.54, 1.807) is 6.08 Å². The van der Waals surface area contributed by atoms with Gasteiger partial charge in [-0.25, -0.2) is 0 Å². The van der Waals surface area contributed by atoms with Crippen molar-refractivity contribution in [2.45, 2.75) is 20.8 Å². The lowest BCUT2D eigenvalue weighted by molar-refractivity contribution is -0.127. The van der Waals surface area contributed by atoms with Crippen LogP contribution in [0.15, 0.2) is 35.2 Å². The molecule has 3 amide bonds. The standard InChI is InChI=1S/C22H20I2N2O4S/c1-4-30-20-14(8-15(23)10-16(20)24)9-17-21(28)26(22(29)31-17)11-18(27)25-19-12(2)6-5-7-13(19)3/h5-10H,4,11H2,1-3H3,(H,25,27)/b17-9+. The van der Waals surface area contributed by atoms with E-state index in [0.717, 1.165) is 40.5 Å². The molecule has 2 aromatic rings. The first-order valence-corrected chi connectivity index (χ1v) is 12.4. The molecule has 0 spiro atoms. The number of ether oxygens (including phenoxy) is 1. The molecule has 3 rings (SSSR count). The van der Waals surface area contributed by atoms with E-state index in [9.17, 15) is 14.4 Å². The third-order valence-corrected chi connectivity index (χ3v) is 6.86. The van der Waals surface area contributed by atoms with Gasteiger partial charge in [0.1, 0.15) is 12.3 Å². The van der Waals surface area contributed by atoms with Crippen molar-refractivity contribution in [1.29, 1.82) is 0 Å². The zero-order chi connectivity index (χ0) is 22.7. The molecule has 0 aromatic heterocycles. The molecule has 162 valence electrons. The first-order valence-electron chi connectivity index (χ1n) is 9.44. The second kappa shape index (κ2) is 10.3. The number of rotatable bonds is 6. The van der Waals surface area contributed by atoms with Crippen LogP contribution in [0, 0.1) is 21.0 Å². The highest BCUT2D eigenvalue weighted by Gasteiger charge is 2.36. The molecule has 1 fully saturated rings. The van der Waals surface area contributed by atoms with E-state index in [1.165, 1.54) is 0 Å². The van der Waals surface area contributed by atoms with Gasteiger partial charge in [-0.1, -0.05) is 18.2 Å². The molecule has 1 aliphatic heterocycles. The summed E-state index contributed by atoms with van der Waals surface area (Å²) in [5.74, 6) is -0.231. The van der Waals surface area contributed by atoms with E-state index in [2.05, 4.69) is 50.5 Å². The molecule has 0 saturated carbocycles. The molecule has 1 N–H and O–H groups in total. The first-order chi connectivity index (χ1) is 14.7. The number of nitrogens with one attached hydrogen (secondary N) is 1. The number of halogens is 2. The number of amides is 3. The van der Waals surface area contributed by atoms with Crippen LogP contribution in [0.25, 0.3) is 6.08 Å². The molecule has 0 bridgehead atoms. The number of thioether (sulfide) groups is 1. The Kier molecular flexibility index (Phi) is 8.03. The van der Waals surface area contributed by atoms with Crippen molar-refractivity contribution in [2.75, 3.05) is 18.5 Å². The Bertz CT molecular complexity index is 1080. The van der Waals surface area contributed by atoms with Crippen LogP contribution in [0.5, 0.6) is 5.75 Å². The number of aryl methyl sites for hydroxylation is 2. The average Bonchev–Trinajstić information content (AvgIpc) is 2.95. The number of benzene rings is 2. The largest absolute Gasteiger partial charge is 0.492 e. The fourth-order valence-electron chi connectivity index (χ4n) is 3.10. The Morgan fingerprint density at radius 2 is 1.87 bits per heavy atom. The first kappa shape index (κ1) is 24.1. The van der Waals surface area contributed by atoms with Gasteiger partial charge in [0, 0.05) is 14.8 Å². The van der Waals surface area contributed by atoms with Gasteiger partial charge in [0.25, 0.3) is 11.1 Å². The third-order valence-electron chi connectivity index (χ3n) is 4.53. The Morgan fingerprint density at radius 1 is 1.19 bits per heavy atom. The summed E-state index contributed by atoms with van der Waals surface area (Å²) in [6, 6.07) is 9.57. The number of anilines is 1. The minimum atomic E-state index is -0.483. The third kappa shape index (κ3) is 5.61. The maximum absolute atomic E-state index is 12.9. The van der Waals surface area contributed by atoms with Gasteiger partial charge in [-0.2, -0.15) is 0 Å². The van der Waals surface area contributed by atoms with Crippen LogP contribution < -0.4 is 10.1 Å². The van der Waals surface area contributed by atoms with E-state index in [0.29, 0.717) is 18.0 Å². The maximum atomic E-state index is 12.9. The Morgan fingerprint density at radius 3 is 2.52 bits per heavy atom. The summed E-state index contributed by atoms with van der Waals surface area (Å²) in [5.41, 5.74) is 3.26. The Balaban J connectivity index is 1.81. The highest BCUT2D eigenvalue weighted by Crippen LogP contribution is 2.36. The topological polar surface area (TPSA) is 75.7 Å². The summed E-state index contributed by atoms with van der Waals surface area (Å²) in [6.45, 7) is 5.82. The van der Waals surface area contributed by atoms with Crippen molar-refractivity contribution in [3.8, 4) is 5.75 Å². The van der Waals surface area contributed by atoms with Gasteiger partial charge in [0.15, 0.2) is 0 Å². The molecule has 0 radical (unpaired) electrons. The molecular formula is C22H20I2N2O4S. The molecule has 1 aliphatic rings. The Hall–Kier alpha value is -1.60. The van der Waals surface area contributed by atoms with Crippen LogP contribution in [0.2, 0.25) is 0 Å². The van der Waals surface area contributed by atoms with Gasteiger partial charge in [-0.3, -0.25) is 19.3 Å². The van der Waals surface area contributed by atoms with Crippen LogP contribution in [-0.4, -0.2) is 35.1 Å². The van der Waals surface area contributed by atoms with E-state index in [-0.39, 0.29) is 11.4 Å².